The van der Waals surface area contributed by atoms with E-state index in [9.17, 15) is 18.0 Å². The Morgan fingerprint density at radius 1 is 1.04 bits per heavy atom. The number of rotatable bonds is 5. The Kier molecular flexibility index (Phi) is 5.96. The van der Waals surface area contributed by atoms with Crippen molar-refractivity contribution in [2.75, 3.05) is 11.9 Å². The fourth-order valence-corrected chi connectivity index (χ4v) is 5.04. The fraction of sp³-hybridized carbons (Fsp3) is 0.333. The number of nitrogens with zero attached hydrogens (tertiary/aromatic N) is 1. The van der Waals surface area contributed by atoms with E-state index < -0.39 is 16.1 Å². The zero-order valence-corrected chi connectivity index (χ0v) is 16.8. The maximum Gasteiger partial charge on any atom is 0.243 e. The Bertz CT molecular complexity index is 984. The Balaban J connectivity index is 1.86. The first-order valence-electron chi connectivity index (χ1n) is 9.30. The lowest BCUT2D eigenvalue weighted by molar-refractivity contribution is -0.120. The average Bonchev–Trinajstić information content (AvgIpc) is 2.69. The number of piperidine rings is 1. The van der Waals surface area contributed by atoms with Gasteiger partial charge in [-0.25, -0.2) is 8.42 Å². The average molecular weight is 400 g/mol. The number of para-hydroxylation sites is 1. The summed E-state index contributed by atoms with van der Waals surface area (Å²) in [5.41, 5.74) is 2.05. The number of hydrogen-bond acceptors (Lipinski definition) is 4. The topological polar surface area (TPSA) is 83.6 Å². The second-order valence-electron chi connectivity index (χ2n) is 7.01. The number of Topliss-reactive ketones (excluding diaryl/α,β-unsaturated/α-hetero) is 1. The van der Waals surface area contributed by atoms with Gasteiger partial charge in [0, 0.05) is 17.8 Å². The van der Waals surface area contributed by atoms with E-state index in [0.29, 0.717) is 30.6 Å². The molecule has 0 bridgehead atoms. The van der Waals surface area contributed by atoms with Crippen LogP contribution in [0.4, 0.5) is 5.69 Å². The maximum absolute atomic E-state index is 13.2. The van der Waals surface area contributed by atoms with E-state index in [1.807, 2.05) is 25.1 Å². The fourth-order valence-electron chi connectivity index (χ4n) is 3.38. The van der Waals surface area contributed by atoms with E-state index in [1.165, 1.54) is 35.5 Å². The summed E-state index contributed by atoms with van der Waals surface area (Å²) in [4.78, 5) is 24.4. The molecule has 3 rings (SSSR count). The molecule has 0 spiro atoms. The second kappa shape index (κ2) is 8.24. The molecule has 1 aliphatic rings. The summed E-state index contributed by atoms with van der Waals surface area (Å²) in [6.45, 7) is 3.62. The van der Waals surface area contributed by atoms with Crippen molar-refractivity contribution in [3.05, 3.63) is 59.7 Å². The summed E-state index contributed by atoms with van der Waals surface area (Å²) < 4.78 is 27.6. The number of ketones is 1. The molecule has 1 fully saturated rings. The summed E-state index contributed by atoms with van der Waals surface area (Å²) >= 11 is 0. The summed E-state index contributed by atoms with van der Waals surface area (Å²) in [7, 11) is -3.84. The van der Waals surface area contributed by atoms with Crippen molar-refractivity contribution in [1.29, 1.82) is 0 Å². The minimum atomic E-state index is -3.84. The molecule has 148 valence electrons. The van der Waals surface area contributed by atoms with Crippen LogP contribution in [0.5, 0.6) is 0 Å². The van der Waals surface area contributed by atoms with E-state index in [0.717, 1.165) is 12.0 Å². The van der Waals surface area contributed by atoms with Gasteiger partial charge in [-0.15, -0.1) is 0 Å². The van der Waals surface area contributed by atoms with Crippen molar-refractivity contribution in [3.63, 3.8) is 0 Å². The predicted molar refractivity (Wildman–Crippen MR) is 108 cm³/mol. The van der Waals surface area contributed by atoms with E-state index in [4.69, 9.17) is 0 Å². The first-order valence-corrected chi connectivity index (χ1v) is 10.7. The van der Waals surface area contributed by atoms with Gasteiger partial charge in [-0.1, -0.05) is 36.8 Å². The van der Waals surface area contributed by atoms with Gasteiger partial charge in [-0.05, 0) is 50.5 Å². The molecule has 0 aliphatic carbocycles. The standard InChI is InChI=1S/C21H24N2O4S/c1-15-7-3-4-8-19(15)22-21(25)20-9-5-6-14-23(20)28(26,27)18-12-10-17(11-13-18)16(2)24/h3-4,7-8,10-13,20H,5-6,9,14H2,1-2H3,(H,22,25). The van der Waals surface area contributed by atoms with Crippen molar-refractivity contribution in [3.8, 4) is 0 Å². The molecule has 6 nitrogen and oxygen atoms in total. The number of carbonyl (C=O) groups is 2. The van der Waals surface area contributed by atoms with Crippen molar-refractivity contribution in [1.82, 2.24) is 4.31 Å². The molecule has 1 amide bonds. The molecule has 0 aromatic heterocycles. The second-order valence-corrected chi connectivity index (χ2v) is 8.90. The third-order valence-corrected chi connectivity index (χ3v) is 6.95. The lowest BCUT2D eigenvalue weighted by Gasteiger charge is -2.33. The molecule has 1 heterocycles. The third-order valence-electron chi connectivity index (χ3n) is 5.03. The molecule has 1 saturated heterocycles. The van der Waals surface area contributed by atoms with Crippen LogP contribution in [0.2, 0.25) is 0 Å². The summed E-state index contributed by atoms with van der Waals surface area (Å²) in [6.07, 6.45) is 1.97. The van der Waals surface area contributed by atoms with E-state index in [1.54, 1.807) is 6.07 Å². The molecule has 1 unspecified atom stereocenters. The van der Waals surface area contributed by atoms with Crippen LogP contribution in [0.3, 0.4) is 0 Å². The number of amides is 1. The van der Waals surface area contributed by atoms with Gasteiger partial charge in [0.15, 0.2) is 5.78 Å². The highest BCUT2D eigenvalue weighted by Crippen LogP contribution is 2.27. The van der Waals surface area contributed by atoms with Crippen LogP contribution in [0, 0.1) is 6.92 Å². The van der Waals surface area contributed by atoms with Crippen LogP contribution in [0.25, 0.3) is 0 Å². The Hall–Kier alpha value is -2.51. The maximum atomic E-state index is 13.2. The van der Waals surface area contributed by atoms with Gasteiger partial charge >= 0.3 is 0 Å². The number of sulfonamides is 1. The molecular weight excluding hydrogens is 376 g/mol. The zero-order valence-electron chi connectivity index (χ0n) is 16.0. The van der Waals surface area contributed by atoms with Gasteiger partial charge in [0.25, 0.3) is 0 Å². The molecule has 2 aromatic rings. The van der Waals surface area contributed by atoms with Crippen LogP contribution in [0.15, 0.2) is 53.4 Å². The zero-order chi connectivity index (χ0) is 20.3. The minimum absolute atomic E-state index is 0.0908. The number of aryl methyl sites for hydroxylation is 1. The largest absolute Gasteiger partial charge is 0.324 e. The quantitative estimate of drug-likeness (QED) is 0.780. The number of nitrogens with one attached hydrogen (secondary N) is 1. The van der Waals surface area contributed by atoms with Crippen LogP contribution in [0.1, 0.15) is 42.1 Å². The molecule has 7 heteroatoms. The highest BCUT2D eigenvalue weighted by Gasteiger charge is 2.37. The Labute approximate surface area is 165 Å². The van der Waals surface area contributed by atoms with Gasteiger partial charge in [-0.2, -0.15) is 4.31 Å². The molecule has 0 radical (unpaired) electrons. The minimum Gasteiger partial charge on any atom is -0.324 e. The van der Waals surface area contributed by atoms with Gasteiger partial charge in [-0.3, -0.25) is 9.59 Å². The van der Waals surface area contributed by atoms with Crippen LogP contribution in [-0.4, -0.2) is 37.0 Å². The number of anilines is 1. The Morgan fingerprint density at radius 2 is 1.71 bits per heavy atom. The highest BCUT2D eigenvalue weighted by atomic mass is 32.2. The van der Waals surface area contributed by atoms with Crippen molar-refractivity contribution >= 4 is 27.4 Å². The summed E-state index contributed by atoms with van der Waals surface area (Å²) in [5, 5.41) is 2.87. The Morgan fingerprint density at radius 3 is 2.36 bits per heavy atom. The lowest BCUT2D eigenvalue weighted by Crippen LogP contribution is -2.49. The number of carbonyl (C=O) groups excluding carboxylic acids is 2. The van der Waals surface area contributed by atoms with Crippen LogP contribution < -0.4 is 5.32 Å². The van der Waals surface area contributed by atoms with E-state index in [2.05, 4.69) is 5.32 Å². The van der Waals surface area contributed by atoms with Crippen LogP contribution >= 0.6 is 0 Å². The lowest BCUT2D eigenvalue weighted by atomic mass is 10.0. The third kappa shape index (κ3) is 4.15. The molecule has 0 saturated carbocycles. The molecule has 1 N–H and O–H groups in total. The SMILES string of the molecule is CC(=O)c1ccc(S(=O)(=O)N2CCCCC2C(=O)Nc2ccccc2C)cc1. The van der Waals surface area contributed by atoms with Gasteiger partial charge in [0.05, 0.1) is 4.90 Å². The smallest absolute Gasteiger partial charge is 0.243 e. The van der Waals surface area contributed by atoms with E-state index >= 15 is 0 Å². The molecule has 1 aliphatic heterocycles. The highest BCUT2D eigenvalue weighted by molar-refractivity contribution is 7.89. The van der Waals surface area contributed by atoms with Gasteiger partial charge in [0.2, 0.25) is 15.9 Å². The predicted octanol–water partition coefficient (Wildman–Crippen LogP) is 3.38. The van der Waals surface area contributed by atoms with Crippen molar-refractivity contribution < 1.29 is 18.0 Å². The first kappa shape index (κ1) is 20.2. The van der Waals surface area contributed by atoms with Gasteiger partial charge in [0.1, 0.15) is 6.04 Å². The summed E-state index contributed by atoms with van der Waals surface area (Å²) in [6, 6.07) is 12.5. The van der Waals surface area contributed by atoms with Crippen molar-refractivity contribution in [2.24, 2.45) is 0 Å². The summed E-state index contributed by atoms with van der Waals surface area (Å²) in [5.74, 6) is -0.449. The molecule has 28 heavy (non-hydrogen) atoms. The first-order chi connectivity index (χ1) is 13.3. The molecule has 1 atom stereocenters. The van der Waals surface area contributed by atoms with Crippen LogP contribution in [-0.2, 0) is 14.8 Å². The number of hydrogen-bond donors (Lipinski definition) is 1. The normalized spacial score (nSPS) is 17.9. The monoisotopic (exact) mass is 400 g/mol. The van der Waals surface area contributed by atoms with Gasteiger partial charge < -0.3 is 5.32 Å². The van der Waals surface area contributed by atoms with Crippen molar-refractivity contribution in [2.45, 2.75) is 44.0 Å². The van der Waals surface area contributed by atoms with E-state index in [-0.39, 0.29) is 16.6 Å². The number of benzene rings is 2. The molecular formula is C21H24N2O4S. The molecule has 2 aromatic carbocycles.